The number of aromatic nitrogens is 3. The molecule has 2 aromatic rings. The van der Waals surface area contributed by atoms with Crippen LogP contribution >= 0.6 is 0 Å². The Morgan fingerprint density at radius 2 is 1.96 bits per heavy atom. The SMILES string of the molecule is CCOc1ccc(-c2cn(CC3CCS(=O)(=O)CC3)nn2)c(F)c1F. The highest BCUT2D eigenvalue weighted by Gasteiger charge is 2.24. The molecule has 0 atom stereocenters. The lowest BCUT2D eigenvalue weighted by molar-refractivity contribution is 0.314. The molecule has 1 aliphatic rings. The fourth-order valence-electron chi connectivity index (χ4n) is 2.89. The van der Waals surface area contributed by atoms with Gasteiger partial charge in [0.2, 0.25) is 5.82 Å². The van der Waals surface area contributed by atoms with Crippen LogP contribution in [0.3, 0.4) is 0 Å². The normalized spacial score (nSPS) is 17.6. The van der Waals surface area contributed by atoms with Gasteiger partial charge in [-0.2, -0.15) is 4.39 Å². The first kappa shape index (κ1) is 17.8. The van der Waals surface area contributed by atoms with Crippen molar-refractivity contribution in [2.75, 3.05) is 18.1 Å². The predicted molar refractivity (Wildman–Crippen MR) is 87.9 cm³/mol. The van der Waals surface area contributed by atoms with Crippen molar-refractivity contribution in [1.82, 2.24) is 15.0 Å². The highest BCUT2D eigenvalue weighted by atomic mass is 32.2. The molecule has 0 saturated carbocycles. The van der Waals surface area contributed by atoms with Crippen LogP contribution in [0.2, 0.25) is 0 Å². The Bertz CT molecular complexity index is 854. The molecule has 1 aliphatic heterocycles. The fourth-order valence-corrected chi connectivity index (χ4v) is 4.48. The van der Waals surface area contributed by atoms with Crippen molar-refractivity contribution in [1.29, 1.82) is 0 Å². The molecule has 0 spiro atoms. The molecule has 0 N–H and O–H groups in total. The fraction of sp³-hybridized carbons (Fsp3) is 0.500. The Morgan fingerprint density at radius 3 is 2.64 bits per heavy atom. The first-order chi connectivity index (χ1) is 11.9. The Hall–Kier alpha value is -2.03. The zero-order chi connectivity index (χ0) is 18.0. The third kappa shape index (κ3) is 3.97. The van der Waals surface area contributed by atoms with E-state index >= 15 is 0 Å². The Balaban J connectivity index is 1.75. The second kappa shape index (κ2) is 7.07. The minimum atomic E-state index is -2.91. The maximum Gasteiger partial charge on any atom is 0.201 e. The topological polar surface area (TPSA) is 74.1 Å². The summed E-state index contributed by atoms with van der Waals surface area (Å²) in [6.45, 7) is 2.43. The molecular weight excluding hydrogens is 352 g/mol. The molecule has 0 radical (unpaired) electrons. The van der Waals surface area contributed by atoms with Crippen LogP contribution in [0.25, 0.3) is 11.3 Å². The summed E-state index contributed by atoms with van der Waals surface area (Å²) in [7, 11) is -2.91. The van der Waals surface area contributed by atoms with Gasteiger partial charge in [0, 0.05) is 12.1 Å². The number of sulfone groups is 1. The van der Waals surface area contributed by atoms with E-state index in [2.05, 4.69) is 10.3 Å². The molecule has 0 bridgehead atoms. The molecule has 9 heteroatoms. The number of benzene rings is 1. The highest BCUT2D eigenvalue weighted by molar-refractivity contribution is 7.91. The quantitative estimate of drug-likeness (QED) is 0.807. The maximum atomic E-state index is 14.2. The number of rotatable bonds is 5. The number of halogens is 2. The number of ether oxygens (including phenoxy) is 1. The van der Waals surface area contributed by atoms with Gasteiger partial charge in [0.1, 0.15) is 15.5 Å². The summed E-state index contributed by atoms with van der Waals surface area (Å²) in [5, 5.41) is 7.85. The monoisotopic (exact) mass is 371 g/mol. The molecule has 1 aromatic carbocycles. The predicted octanol–water partition coefficient (Wildman–Crippen LogP) is 2.45. The minimum Gasteiger partial charge on any atom is -0.491 e. The van der Waals surface area contributed by atoms with Crippen LogP contribution in [0.1, 0.15) is 19.8 Å². The van der Waals surface area contributed by atoms with E-state index in [-0.39, 0.29) is 41.0 Å². The standard InChI is InChI=1S/C16H19F2N3O3S/c1-2-24-14-4-3-12(15(17)16(14)18)13-10-21(20-19-13)9-11-5-7-25(22,23)8-6-11/h3-4,10-11H,2,5-9H2,1H3. The number of nitrogens with zero attached hydrogens (tertiary/aromatic N) is 3. The first-order valence-corrected chi connectivity index (χ1v) is 9.93. The minimum absolute atomic E-state index is 0.0124. The van der Waals surface area contributed by atoms with Crippen molar-refractivity contribution >= 4 is 9.84 Å². The van der Waals surface area contributed by atoms with Crippen LogP contribution in [-0.4, -0.2) is 41.5 Å². The van der Waals surface area contributed by atoms with Gasteiger partial charge >= 0.3 is 0 Å². The summed E-state index contributed by atoms with van der Waals surface area (Å²) < 4.78 is 57.7. The largest absolute Gasteiger partial charge is 0.491 e. The molecule has 0 aliphatic carbocycles. The molecule has 0 unspecified atom stereocenters. The molecular formula is C16H19F2N3O3S. The third-order valence-corrected chi connectivity index (χ3v) is 6.00. The van der Waals surface area contributed by atoms with E-state index in [1.165, 1.54) is 12.1 Å². The lowest BCUT2D eigenvalue weighted by Crippen LogP contribution is -2.26. The van der Waals surface area contributed by atoms with Gasteiger partial charge in [0.15, 0.2) is 11.6 Å². The van der Waals surface area contributed by atoms with Gasteiger partial charge in [0.25, 0.3) is 0 Å². The molecule has 25 heavy (non-hydrogen) atoms. The lowest BCUT2D eigenvalue weighted by Gasteiger charge is -2.21. The number of hydrogen-bond donors (Lipinski definition) is 0. The lowest BCUT2D eigenvalue weighted by atomic mass is 10.0. The van der Waals surface area contributed by atoms with Gasteiger partial charge in [-0.15, -0.1) is 5.10 Å². The summed E-state index contributed by atoms with van der Waals surface area (Å²) in [4.78, 5) is 0. The molecule has 1 aromatic heterocycles. The third-order valence-electron chi connectivity index (χ3n) is 4.28. The van der Waals surface area contributed by atoms with Gasteiger partial charge in [-0.25, -0.2) is 12.8 Å². The summed E-state index contributed by atoms with van der Waals surface area (Å²) in [6, 6.07) is 2.77. The van der Waals surface area contributed by atoms with Crippen LogP contribution in [0.4, 0.5) is 8.78 Å². The van der Waals surface area contributed by atoms with Gasteiger partial charge in [0.05, 0.1) is 24.3 Å². The number of hydrogen-bond acceptors (Lipinski definition) is 5. The first-order valence-electron chi connectivity index (χ1n) is 8.11. The van der Waals surface area contributed by atoms with E-state index in [0.29, 0.717) is 19.4 Å². The van der Waals surface area contributed by atoms with Crippen molar-refractivity contribution < 1.29 is 21.9 Å². The summed E-state index contributed by atoms with van der Waals surface area (Å²) >= 11 is 0. The average molecular weight is 371 g/mol. The van der Waals surface area contributed by atoms with E-state index in [4.69, 9.17) is 4.74 Å². The van der Waals surface area contributed by atoms with Gasteiger partial charge < -0.3 is 4.74 Å². The second-order valence-electron chi connectivity index (χ2n) is 6.09. The summed E-state index contributed by atoms with van der Waals surface area (Å²) in [5.41, 5.74) is 0.237. The van der Waals surface area contributed by atoms with Crippen LogP contribution < -0.4 is 4.74 Å². The molecule has 1 saturated heterocycles. The Morgan fingerprint density at radius 1 is 1.24 bits per heavy atom. The Kier molecular flexibility index (Phi) is 5.03. The Labute approximate surface area is 144 Å². The zero-order valence-corrected chi connectivity index (χ0v) is 14.6. The smallest absolute Gasteiger partial charge is 0.201 e. The van der Waals surface area contributed by atoms with E-state index in [9.17, 15) is 17.2 Å². The summed E-state index contributed by atoms with van der Waals surface area (Å²) in [6.07, 6.45) is 2.69. The van der Waals surface area contributed by atoms with Crippen LogP contribution in [-0.2, 0) is 16.4 Å². The summed E-state index contributed by atoms with van der Waals surface area (Å²) in [5.74, 6) is -1.68. The second-order valence-corrected chi connectivity index (χ2v) is 8.40. The molecule has 2 heterocycles. The van der Waals surface area contributed by atoms with E-state index in [0.717, 1.165) is 0 Å². The average Bonchev–Trinajstić information content (AvgIpc) is 3.02. The van der Waals surface area contributed by atoms with Crippen molar-refractivity contribution in [2.24, 2.45) is 5.92 Å². The molecule has 136 valence electrons. The molecule has 0 amide bonds. The van der Waals surface area contributed by atoms with Crippen molar-refractivity contribution in [3.63, 3.8) is 0 Å². The molecule has 1 fully saturated rings. The van der Waals surface area contributed by atoms with Crippen molar-refractivity contribution in [3.05, 3.63) is 30.0 Å². The van der Waals surface area contributed by atoms with E-state index in [1.807, 2.05) is 0 Å². The zero-order valence-electron chi connectivity index (χ0n) is 13.8. The van der Waals surface area contributed by atoms with Gasteiger partial charge in [-0.1, -0.05) is 5.21 Å². The molecule has 3 rings (SSSR count). The van der Waals surface area contributed by atoms with E-state index < -0.39 is 21.5 Å². The van der Waals surface area contributed by atoms with Crippen LogP contribution in [0, 0.1) is 17.6 Å². The van der Waals surface area contributed by atoms with Crippen molar-refractivity contribution in [2.45, 2.75) is 26.3 Å². The van der Waals surface area contributed by atoms with Gasteiger partial charge in [-0.3, -0.25) is 4.68 Å². The maximum absolute atomic E-state index is 14.2. The highest BCUT2D eigenvalue weighted by Crippen LogP contribution is 2.29. The molecule has 6 nitrogen and oxygen atoms in total. The van der Waals surface area contributed by atoms with Crippen LogP contribution in [0.5, 0.6) is 5.75 Å². The van der Waals surface area contributed by atoms with Gasteiger partial charge in [-0.05, 0) is 37.8 Å². The van der Waals surface area contributed by atoms with E-state index in [1.54, 1.807) is 17.8 Å². The van der Waals surface area contributed by atoms with Crippen molar-refractivity contribution in [3.8, 4) is 17.0 Å². The van der Waals surface area contributed by atoms with Crippen LogP contribution in [0.15, 0.2) is 18.3 Å².